The fourth-order valence-corrected chi connectivity index (χ4v) is 3.11. The molecule has 1 aliphatic rings. The molecule has 8 nitrogen and oxygen atoms in total. The number of amides is 4. The fourth-order valence-electron chi connectivity index (χ4n) is 2.86. The number of anilines is 1. The molecule has 0 bridgehead atoms. The molecule has 0 radical (unpaired) electrons. The van der Waals surface area contributed by atoms with Crippen LogP contribution in [-0.2, 0) is 14.3 Å². The number of nitrogens with one attached hydrogen (secondary N) is 1. The average molecular weight is 453 g/mol. The molecule has 0 aromatic heterocycles. The Hall–Kier alpha value is -4.09. The third-order valence-corrected chi connectivity index (χ3v) is 4.61. The van der Waals surface area contributed by atoms with Crippen molar-refractivity contribution in [2.24, 2.45) is 0 Å². The van der Waals surface area contributed by atoms with E-state index in [2.05, 4.69) is 11.2 Å². The molecule has 0 aliphatic carbocycles. The number of carbonyl (C=O) groups excluding carboxylic acids is 4. The first-order valence-corrected chi connectivity index (χ1v) is 9.78. The Bertz CT molecular complexity index is 1160. The molecule has 0 atom stereocenters. The monoisotopic (exact) mass is 452 g/mol. The Morgan fingerprint density at radius 3 is 2.53 bits per heavy atom. The Labute approximate surface area is 188 Å². The summed E-state index contributed by atoms with van der Waals surface area (Å²) in [7, 11) is 0. The third kappa shape index (κ3) is 4.79. The first-order chi connectivity index (χ1) is 15.3. The third-order valence-electron chi connectivity index (χ3n) is 4.32. The lowest BCUT2D eigenvalue weighted by Crippen LogP contribution is -2.54. The maximum atomic E-state index is 13.0. The molecule has 2 aromatic rings. The highest BCUT2D eigenvalue weighted by atomic mass is 35.5. The topological polar surface area (TPSA) is 102 Å². The number of terminal acetylenes is 1. The quantitative estimate of drug-likeness (QED) is 0.312. The van der Waals surface area contributed by atoms with Gasteiger partial charge in [0.15, 0.2) is 0 Å². The van der Waals surface area contributed by atoms with Crippen LogP contribution in [0.5, 0.6) is 5.75 Å². The summed E-state index contributed by atoms with van der Waals surface area (Å²) >= 11 is 6.16. The maximum absolute atomic E-state index is 13.0. The predicted octanol–water partition coefficient (Wildman–Crippen LogP) is 3.20. The lowest BCUT2D eigenvalue weighted by atomic mass is 10.1. The molecule has 1 heterocycles. The first-order valence-electron chi connectivity index (χ1n) is 9.40. The van der Waals surface area contributed by atoms with Crippen molar-refractivity contribution >= 4 is 47.2 Å². The smallest absolute Gasteiger partial charge is 0.338 e. The normalized spacial score (nSPS) is 14.7. The highest BCUT2D eigenvalue weighted by molar-refractivity contribution is 6.39. The van der Waals surface area contributed by atoms with E-state index in [0.29, 0.717) is 11.3 Å². The van der Waals surface area contributed by atoms with Crippen LogP contribution in [0.1, 0.15) is 22.8 Å². The van der Waals surface area contributed by atoms with Crippen LogP contribution >= 0.6 is 11.6 Å². The molecule has 0 saturated carbocycles. The minimum Gasteiger partial charge on any atom is -0.479 e. The van der Waals surface area contributed by atoms with Gasteiger partial charge in [0.2, 0.25) is 0 Å². The van der Waals surface area contributed by atoms with E-state index in [4.69, 9.17) is 27.5 Å². The van der Waals surface area contributed by atoms with Crippen LogP contribution in [0.4, 0.5) is 10.5 Å². The number of rotatable bonds is 6. The predicted molar refractivity (Wildman–Crippen MR) is 117 cm³/mol. The fraction of sp³-hybridized carbons (Fsp3) is 0.130. The van der Waals surface area contributed by atoms with Crippen molar-refractivity contribution in [3.05, 3.63) is 64.2 Å². The lowest BCUT2D eigenvalue weighted by Gasteiger charge is -2.26. The van der Waals surface area contributed by atoms with E-state index >= 15 is 0 Å². The molecule has 4 amide bonds. The molecule has 2 aromatic carbocycles. The molecule has 0 unspecified atom stereocenters. The molecule has 0 spiro atoms. The van der Waals surface area contributed by atoms with E-state index < -0.39 is 23.8 Å². The van der Waals surface area contributed by atoms with E-state index in [1.807, 2.05) is 0 Å². The van der Waals surface area contributed by atoms with E-state index in [1.54, 1.807) is 19.1 Å². The number of benzene rings is 2. The Kier molecular flexibility index (Phi) is 6.93. The van der Waals surface area contributed by atoms with Crippen LogP contribution in [-0.4, -0.2) is 37.0 Å². The van der Waals surface area contributed by atoms with Gasteiger partial charge in [0, 0.05) is 0 Å². The lowest BCUT2D eigenvalue weighted by molar-refractivity contribution is -0.122. The van der Waals surface area contributed by atoms with Gasteiger partial charge in [0.05, 0.1) is 22.9 Å². The number of esters is 1. The summed E-state index contributed by atoms with van der Waals surface area (Å²) in [5.41, 5.74) is 0.602. The maximum Gasteiger partial charge on any atom is 0.338 e. The van der Waals surface area contributed by atoms with Crippen molar-refractivity contribution in [1.82, 2.24) is 5.32 Å². The number of halogens is 1. The second kappa shape index (κ2) is 9.81. The first kappa shape index (κ1) is 22.6. The summed E-state index contributed by atoms with van der Waals surface area (Å²) < 4.78 is 10.2. The molecular formula is C23H17ClN2O6. The molecule has 162 valence electrons. The van der Waals surface area contributed by atoms with Gasteiger partial charge in [-0.2, -0.15) is 0 Å². The zero-order valence-corrected chi connectivity index (χ0v) is 17.6. The Balaban J connectivity index is 1.89. The standard InChI is InChI=1S/C23H17ClN2O6/c1-3-11-32-19-10-5-14(13-18(19)24)12-17-20(27)25-23(30)26(21(17)28)16-8-6-15(7-9-16)22(29)31-4-2/h1,5-10,12-13H,4,11H2,2H3,(H,25,27,30)/b17-12+. The molecule has 3 rings (SSSR count). The van der Waals surface area contributed by atoms with Gasteiger partial charge < -0.3 is 9.47 Å². The minimum absolute atomic E-state index is 0.0348. The number of imide groups is 2. The van der Waals surface area contributed by atoms with Crippen LogP contribution in [0.2, 0.25) is 5.02 Å². The van der Waals surface area contributed by atoms with Crippen molar-refractivity contribution in [3.8, 4) is 18.1 Å². The number of barbiturate groups is 1. The number of ether oxygens (including phenoxy) is 2. The minimum atomic E-state index is -0.905. The van der Waals surface area contributed by atoms with Crippen molar-refractivity contribution in [3.63, 3.8) is 0 Å². The second-order valence-corrected chi connectivity index (χ2v) is 6.82. The van der Waals surface area contributed by atoms with E-state index in [1.165, 1.54) is 36.4 Å². The molecule has 9 heteroatoms. The number of carbonyl (C=O) groups is 4. The summed E-state index contributed by atoms with van der Waals surface area (Å²) in [5, 5.41) is 2.36. The van der Waals surface area contributed by atoms with Crippen molar-refractivity contribution in [1.29, 1.82) is 0 Å². The van der Waals surface area contributed by atoms with Gasteiger partial charge in [0.25, 0.3) is 11.8 Å². The summed E-state index contributed by atoms with van der Waals surface area (Å²) in [6.45, 7) is 1.93. The van der Waals surface area contributed by atoms with Crippen LogP contribution in [0.3, 0.4) is 0 Å². The van der Waals surface area contributed by atoms with Gasteiger partial charge in [-0.05, 0) is 55.0 Å². The summed E-state index contributed by atoms with van der Waals surface area (Å²) in [6.07, 6.45) is 6.46. The molecule has 1 N–H and O–H groups in total. The van der Waals surface area contributed by atoms with Crippen LogP contribution in [0, 0.1) is 12.3 Å². The molecule has 1 aliphatic heterocycles. The van der Waals surface area contributed by atoms with E-state index in [-0.39, 0.29) is 35.1 Å². The number of urea groups is 1. The molecule has 1 saturated heterocycles. The highest BCUT2D eigenvalue weighted by Crippen LogP contribution is 2.28. The largest absolute Gasteiger partial charge is 0.479 e. The van der Waals surface area contributed by atoms with Crippen LogP contribution in [0.15, 0.2) is 48.0 Å². The van der Waals surface area contributed by atoms with Gasteiger partial charge in [-0.3, -0.25) is 14.9 Å². The van der Waals surface area contributed by atoms with Crippen molar-refractivity contribution in [2.75, 3.05) is 18.1 Å². The Morgan fingerprint density at radius 2 is 1.91 bits per heavy atom. The van der Waals surface area contributed by atoms with Crippen LogP contribution in [0.25, 0.3) is 6.08 Å². The van der Waals surface area contributed by atoms with Crippen LogP contribution < -0.4 is 15.0 Å². The number of hydrogen-bond acceptors (Lipinski definition) is 6. The molecular weight excluding hydrogens is 436 g/mol. The van der Waals surface area contributed by atoms with Gasteiger partial charge >= 0.3 is 12.0 Å². The average Bonchev–Trinajstić information content (AvgIpc) is 2.76. The highest BCUT2D eigenvalue weighted by Gasteiger charge is 2.36. The summed E-state index contributed by atoms with van der Waals surface area (Å²) in [6, 6.07) is 9.38. The van der Waals surface area contributed by atoms with Crippen molar-refractivity contribution < 1.29 is 28.7 Å². The number of nitrogens with zero attached hydrogens (tertiary/aromatic N) is 1. The van der Waals surface area contributed by atoms with E-state index in [9.17, 15) is 19.2 Å². The SMILES string of the molecule is C#CCOc1ccc(/C=C2\C(=O)NC(=O)N(c3ccc(C(=O)OCC)cc3)C2=O)cc1Cl. The molecule has 1 fully saturated rings. The van der Waals surface area contributed by atoms with Gasteiger partial charge in [-0.25, -0.2) is 14.5 Å². The van der Waals surface area contributed by atoms with Crippen molar-refractivity contribution in [2.45, 2.75) is 6.92 Å². The second-order valence-electron chi connectivity index (χ2n) is 6.41. The zero-order valence-electron chi connectivity index (χ0n) is 16.9. The summed E-state index contributed by atoms with van der Waals surface area (Å²) in [4.78, 5) is 50.2. The summed E-state index contributed by atoms with van der Waals surface area (Å²) in [5.74, 6) is 0.470. The van der Waals surface area contributed by atoms with E-state index in [0.717, 1.165) is 4.90 Å². The van der Waals surface area contributed by atoms with Gasteiger partial charge in [0.1, 0.15) is 17.9 Å². The zero-order chi connectivity index (χ0) is 23.3. The number of hydrogen-bond donors (Lipinski definition) is 1. The van der Waals surface area contributed by atoms with Gasteiger partial charge in [-0.1, -0.05) is 23.6 Å². The Morgan fingerprint density at radius 1 is 1.19 bits per heavy atom. The van der Waals surface area contributed by atoms with Gasteiger partial charge in [-0.15, -0.1) is 6.42 Å². The molecule has 32 heavy (non-hydrogen) atoms.